The second-order valence-corrected chi connectivity index (χ2v) is 6.43. The second-order valence-electron chi connectivity index (χ2n) is 4.51. The minimum Gasteiger partial charge on any atom is -0.467 e. The first-order chi connectivity index (χ1) is 11.3. The van der Waals surface area contributed by atoms with Crippen molar-refractivity contribution in [2.75, 3.05) is 34.9 Å². The number of hydrogen-bond acceptors (Lipinski definition) is 5. The van der Waals surface area contributed by atoms with Crippen LogP contribution in [0.2, 0.25) is 0 Å². The quantitative estimate of drug-likeness (QED) is 0.520. The van der Waals surface area contributed by atoms with Crippen molar-refractivity contribution in [3.63, 3.8) is 0 Å². The zero-order chi connectivity index (χ0) is 16.5. The Kier molecular flexibility index (Phi) is 7.30. The summed E-state index contributed by atoms with van der Waals surface area (Å²) in [5.74, 6) is 1.48. The maximum atomic E-state index is 5.79. The molecule has 0 aromatic heterocycles. The average molecular weight is 336 g/mol. The fourth-order valence-electron chi connectivity index (χ4n) is 2.07. The summed E-state index contributed by atoms with van der Waals surface area (Å²) >= 11 is 0. The molecule has 0 bridgehead atoms. The monoisotopic (exact) mass is 336 g/mol. The highest BCUT2D eigenvalue weighted by Crippen LogP contribution is 2.40. The third-order valence-electron chi connectivity index (χ3n) is 3.02. The first kappa shape index (κ1) is 17.7. The van der Waals surface area contributed by atoms with Crippen molar-refractivity contribution in [2.24, 2.45) is 0 Å². The summed E-state index contributed by atoms with van der Waals surface area (Å²) < 4.78 is 27.1. The molecule has 0 saturated carbocycles. The predicted octanol–water partition coefficient (Wildman–Crippen LogP) is 2.65. The molecule has 23 heavy (non-hydrogen) atoms. The molecule has 0 spiro atoms. The molecule has 0 saturated heterocycles. The first-order valence-corrected chi connectivity index (χ1v) is 8.33. The van der Waals surface area contributed by atoms with Crippen LogP contribution in [0.15, 0.2) is 48.5 Å². The van der Waals surface area contributed by atoms with Crippen molar-refractivity contribution in [3.8, 4) is 11.5 Å². The van der Waals surface area contributed by atoms with Crippen molar-refractivity contribution < 1.29 is 23.5 Å². The number of methoxy groups -OCH3 is 2. The topological polar surface area (TPSA) is 46.2 Å². The Hall–Kier alpha value is -1.65. The molecule has 2 aromatic rings. The van der Waals surface area contributed by atoms with E-state index in [1.54, 1.807) is 21.3 Å². The average Bonchev–Trinajstić information content (AvgIpc) is 2.60. The number of rotatable bonds is 9. The Morgan fingerprint density at radius 1 is 0.696 bits per heavy atom. The van der Waals surface area contributed by atoms with E-state index in [2.05, 4.69) is 0 Å². The van der Waals surface area contributed by atoms with Crippen molar-refractivity contribution >= 4 is 18.8 Å². The molecule has 6 heteroatoms. The van der Waals surface area contributed by atoms with Gasteiger partial charge in [-0.2, -0.15) is 0 Å². The summed E-state index contributed by atoms with van der Waals surface area (Å²) in [6.45, 7) is 0.372. The van der Waals surface area contributed by atoms with Gasteiger partial charge in [0.25, 0.3) is 0 Å². The fraction of sp³-hybridized carbons (Fsp3) is 0.294. The molecule has 5 nitrogen and oxygen atoms in total. The van der Waals surface area contributed by atoms with Gasteiger partial charge in [-0.05, 0) is 24.3 Å². The van der Waals surface area contributed by atoms with E-state index >= 15 is 0 Å². The van der Waals surface area contributed by atoms with E-state index in [1.807, 2.05) is 48.5 Å². The van der Waals surface area contributed by atoms with Gasteiger partial charge in [0.15, 0.2) is 13.6 Å². The highest BCUT2D eigenvalue weighted by molar-refractivity contribution is 7.69. The van der Waals surface area contributed by atoms with Gasteiger partial charge in [-0.3, -0.25) is 0 Å². The van der Waals surface area contributed by atoms with E-state index in [9.17, 15) is 0 Å². The van der Waals surface area contributed by atoms with Crippen LogP contribution in [0.5, 0.6) is 11.5 Å². The first-order valence-electron chi connectivity index (χ1n) is 7.07. The van der Waals surface area contributed by atoms with Crippen molar-refractivity contribution in [1.29, 1.82) is 0 Å². The van der Waals surface area contributed by atoms with Crippen LogP contribution in [0.4, 0.5) is 0 Å². The van der Waals surface area contributed by atoms with Crippen LogP contribution in [-0.2, 0) is 14.0 Å². The van der Waals surface area contributed by atoms with Gasteiger partial charge in [-0.1, -0.05) is 24.3 Å². The molecule has 0 aliphatic carbocycles. The molecule has 0 heterocycles. The Morgan fingerprint density at radius 3 is 1.52 bits per heavy atom. The molecule has 2 rings (SSSR count). The smallest absolute Gasteiger partial charge is 0.188 e. The molecule has 0 amide bonds. The normalized spacial score (nSPS) is 10.8. The maximum Gasteiger partial charge on any atom is 0.188 e. The number of hydrogen-bond donors (Lipinski definition) is 0. The molecular weight excluding hydrogens is 315 g/mol. The van der Waals surface area contributed by atoms with Gasteiger partial charge in [0, 0.05) is 31.9 Å². The van der Waals surface area contributed by atoms with Gasteiger partial charge in [-0.25, -0.2) is 0 Å². The molecule has 0 aliphatic rings. The number of benzene rings is 2. The molecular formula is C17H21O5P. The molecule has 2 aromatic carbocycles. The SMILES string of the molecule is COCOc1ccccc1P(OC)c1ccccc1OCOC. The lowest BCUT2D eigenvalue weighted by Crippen LogP contribution is -2.18. The summed E-state index contributed by atoms with van der Waals surface area (Å²) in [7, 11) is 3.79. The fourth-order valence-corrected chi connectivity index (χ4v) is 3.84. The van der Waals surface area contributed by atoms with Crippen LogP contribution >= 0.6 is 8.15 Å². The molecule has 0 aliphatic heterocycles. The highest BCUT2D eigenvalue weighted by atomic mass is 31.1. The lowest BCUT2D eigenvalue weighted by molar-refractivity contribution is 0.0518. The molecule has 0 N–H and O–H groups in total. The second kappa shape index (κ2) is 9.48. The van der Waals surface area contributed by atoms with E-state index in [-0.39, 0.29) is 13.6 Å². The molecule has 0 fully saturated rings. The molecule has 0 unspecified atom stereocenters. The summed E-state index contributed by atoms with van der Waals surface area (Å²) in [6, 6.07) is 15.6. The van der Waals surface area contributed by atoms with Crippen molar-refractivity contribution in [1.82, 2.24) is 0 Å². The summed E-state index contributed by atoms with van der Waals surface area (Å²) in [5, 5.41) is 1.94. The third-order valence-corrected chi connectivity index (χ3v) is 4.99. The highest BCUT2D eigenvalue weighted by Gasteiger charge is 2.22. The summed E-state index contributed by atoms with van der Waals surface area (Å²) in [6.07, 6.45) is 0. The van der Waals surface area contributed by atoms with Gasteiger partial charge in [0.2, 0.25) is 0 Å². The van der Waals surface area contributed by atoms with Crippen LogP contribution in [0.3, 0.4) is 0 Å². The Bertz CT molecular complexity index is 554. The Balaban J connectivity index is 2.37. The lowest BCUT2D eigenvalue weighted by atomic mass is 10.3. The molecule has 124 valence electrons. The van der Waals surface area contributed by atoms with Gasteiger partial charge < -0.3 is 23.5 Å². The minimum absolute atomic E-state index is 0.186. The largest absolute Gasteiger partial charge is 0.467 e. The van der Waals surface area contributed by atoms with E-state index in [0.717, 1.165) is 22.1 Å². The zero-order valence-electron chi connectivity index (χ0n) is 13.5. The van der Waals surface area contributed by atoms with Gasteiger partial charge >= 0.3 is 0 Å². The Morgan fingerprint density at radius 2 is 1.13 bits per heavy atom. The van der Waals surface area contributed by atoms with Crippen molar-refractivity contribution in [2.45, 2.75) is 0 Å². The van der Waals surface area contributed by atoms with Crippen LogP contribution in [0.25, 0.3) is 0 Å². The van der Waals surface area contributed by atoms with Crippen LogP contribution < -0.4 is 20.1 Å². The summed E-state index contributed by atoms with van der Waals surface area (Å²) in [5.41, 5.74) is 0. The lowest BCUT2D eigenvalue weighted by Gasteiger charge is -2.21. The standard InChI is InChI=1S/C17H21O5P/c1-18-12-21-14-8-4-6-10-16(14)23(20-3)17-11-7-5-9-15(17)22-13-19-2/h4-11H,12-13H2,1-3H3. The molecule has 0 radical (unpaired) electrons. The predicted molar refractivity (Wildman–Crippen MR) is 91.1 cm³/mol. The van der Waals surface area contributed by atoms with Crippen molar-refractivity contribution in [3.05, 3.63) is 48.5 Å². The van der Waals surface area contributed by atoms with Gasteiger partial charge in [-0.15, -0.1) is 0 Å². The Labute approximate surface area is 137 Å². The van der Waals surface area contributed by atoms with E-state index in [4.69, 9.17) is 23.5 Å². The van der Waals surface area contributed by atoms with E-state index in [1.165, 1.54) is 0 Å². The number of ether oxygens (including phenoxy) is 4. The third kappa shape index (κ3) is 4.66. The van der Waals surface area contributed by atoms with Crippen LogP contribution in [-0.4, -0.2) is 34.9 Å². The maximum absolute atomic E-state index is 5.79. The van der Waals surface area contributed by atoms with Gasteiger partial charge in [0.05, 0.1) is 8.15 Å². The van der Waals surface area contributed by atoms with Crippen LogP contribution in [0, 0.1) is 0 Å². The zero-order valence-corrected chi connectivity index (χ0v) is 14.4. The minimum atomic E-state index is -1.08. The van der Waals surface area contributed by atoms with Crippen LogP contribution in [0.1, 0.15) is 0 Å². The van der Waals surface area contributed by atoms with E-state index < -0.39 is 8.15 Å². The molecule has 0 atom stereocenters. The number of para-hydroxylation sites is 2. The van der Waals surface area contributed by atoms with Gasteiger partial charge in [0.1, 0.15) is 11.5 Å². The summed E-state index contributed by atoms with van der Waals surface area (Å²) in [4.78, 5) is 0. The van der Waals surface area contributed by atoms with E-state index in [0.29, 0.717) is 0 Å².